The molecule has 0 unspecified atom stereocenters. The minimum atomic E-state index is -4.06. The van der Waals surface area contributed by atoms with E-state index >= 15 is 0 Å². The Morgan fingerprint density at radius 2 is 1.61 bits per heavy atom. The average molecular weight is 648 g/mol. The lowest BCUT2D eigenvalue weighted by molar-refractivity contribution is -0.139. The molecule has 0 aromatic heterocycles. The van der Waals surface area contributed by atoms with E-state index in [0.717, 1.165) is 25.4 Å². The summed E-state index contributed by atoms with van der Waals surface area (Å²) in [6.45, 7) is 7.22. The number of halogens is 1. The standard InChI is InChI=1S/C29H34IN3O4S/c1-5-22(3)31-29(35)23(4)32(19-24-11-9-10-21(2)18-24)28(34)20-33(26-16-14-25(30)15-17-26)38(36,37)27-12-7-6-8-13-27/h6-18,22-23H,5,19-20H2,1-4H3,(H,31,35)/t22-,23+/m1/s1. The first kappa shape index (κ1) is 29.6. The number of carbonyl (C=O) groups is 2. The normalized spacial score (nSPS) is 12.9. The number of sulfonamides is 1. The van der Waals surface area contributed by atoms with Gasteiger partial charge in [-0.2, -0.15) is 0 Å². The summed E-state index contributed by atoms with van der Waals surface area (Å²) in [5.41, 5.74) is 2.25. The smallest absolute Gasteiger partial charge is 0.264 e. The summed E-state index contributed by atoms with van der Waals surface area (Å²) in [7, 11) is -4.06. The topological polar surface area (TPSA) is 86.8 Å². The zero-order valence-corrected chi connectivity index (χ0v) is 25.1. The number of benzene rings is 3. The van der Waals surface area contributed by atoms with Crippen molar-refractivity contribution in [1.29, 1.82) is 0 Å². The zero-order chi connectivity index (χ0) is 27.9. The summed E-state index contributed by atoms with van der Waals surface area (Å²) >= 11 is 2.14. The maximum Gasteiger partial charge on any atom is 0.264 e. The third-order valence-corrected chi connectivity index (χ3v) is 8.84. The summed E-state index contributed by atoms with van der Waals surface area (Å²) in [5.74, 6) is -0.761. The van der Waals surface area contributed by atoms with Crippen molar-refractivity contribution in [3.63, 3.8) is 0 Å². The number of anilines is 1. The second-order valence-electron chi connectivity index (χ2n) is 9.31. The van der Waals surface area contributed by atoms with Crippen LogP contribution in [0, 0.1) is 10.5 Å². The van der Waals surface area contributed by atoms with E-state index in [1.807, 2.05) is 45.0 Å². The number of rotatable bonds is 11. The van der Waals surface area contributed by atoms with Gasteiger partial charge >= 0.3 is 0 Å². The molecule has 0 saturated heterocycles. The van der Waals surface area contributed by atoms with E-state index in [1.165, 1.54) is 17.0 Å². The van der Waals surface area contributed by atoms with Crippen LogP contribution < -0.4 is 9.62 Å². The summed E-state index contributed by atoms with van der Waals surface area (Å²) in [6, 6.07) is 21.8. The Bertz CT molecular complexity index is 1350. The molecule has 3 aromatic carbocycles. The highest BCUT2D eigenvalue weighted by molar-refractivity contribution is 14.1. The Morgan fingerprint density at radius 3 is 2.21 bits per heavy atom. The van der Waals surface area contributed by atoms with Gasteiger partial charge in [-0.3, -0.25) is 13.9 Å². The van der Waals surface area contributed by atoms with Crippen molar-refractivity contribution in [3.8, 4) is 0 Å². The maximum atomic E-state index is 13.9. The zero-order valence-electron chi connectivity index (χ0n) is 22.1. The second kappa shape index (κ2) is 13.2. The lowest BCUT2D eigenvalue weighted by Gasteiger charge is -2.32. The monoisotopic (exact) mass is 647 g/mol. The van der Waals surface area contributed by atoms with Gasteiger partial charge in [0.15, 0.2) is 0 Å². The van der Waals surface area contributed by atoms with Gasteiger partial charge in [0, 0.05) is 16.2 Å². The van der Waals surface area contributed by atoms with E-state index in [-0.39, 0.29) is 23.4 Å². The Labute approximate surface area is 239 Å². The minimum Gasteiger partial charge on any atom is -0.352 e. The lowest BCUT2D eigenvalue weighted by atomic mass is 10.1. The molecule has 0 aliphatic heterocycles. The van der Waals surface area contributed by atoms with Crippen molar-refractivity contribution in [3.05, 3.63) is 93.6 Å². The van der Waals surface area contributed by atoms with Crippen LogP contribution >= 0.6 is 22.6 Å². The fraction of sp³-hybridized carbons (Fsp3) is 0.310. The molecular weight excluding hydrogens is 613 g/mol. The molecule has 0 heterocycles. The largest absolute Gasteiger partial charge is 0.352 e. The van der Waals surface area contributed by atoms with Gasteiger partial charge in [-0.05, 0) is 91.7 Å². The highest BCUT2D eigenvalue weighted by atomic mass is 127. The maximum absolute atomic E-state index is 13.9. The van der Waals surface area contributed by atoms with Crippen LogP contribution in [0.1, 0.15) is 38.3 Å². The molecule has 9 heteroatoms. The van der Waals surface area contributed by atoms with Crippen molar-refractivity contribution >= 4 is 50.1 Å². The number of hydrogen-bond donors (Lipinski definition) is 1. The van der Waals surface area contributed by atoms with Gasteiger partial charge in [-0.1, -0.05) is 55.0 Å². The number of carbonyl (C=O) groups excluding carboxylic acids is 2. The third kappa shape index (κ3) is 7.57. The molecule has 0 fully saturated rings. The van der Waals surface area contributed by atoms with Crippen LogP contribution in [0.2, 0.25) is 0 Å². The summed E-state index contributed by atoms with van der Waals surface area (Å²) in [6.07, 6.45) is 0.750. The molecule has 38 heavy (non-hydrogen) atoms. The van der Waals surface area contributed by atoms with Crippen molar-refractivity contribution in [2.24, 2.45) is 0 Å². The van der Waals surface area contributed by atoms with Gasteiger partial charge in [0.2, 0.25) is 11.8 Å². The van der Waals surface area contributed by atoms with Crippen molar-refractivity contribution in [2.45, 2.75) is 57.6 Å². The van der Waals surface area contributed by atoms with Crippen molar-refractivity contribution in [1.82, 2.24) is 10.2 Å². The molecule has 0 aliphatic carbocycles. The molecule has 2 atom stereocenters. The fourth-order valence-electron chi connectivity index (χ4n) is 3.91. The van der Waals surface area contributed by atoms with Gasteiger partial charge in [-0.25, -0.2) is 8.42 Å². The van der Waals surface area contributed by atoms with E-state index in [9.17, 15) is 18.0 Å². The first-order valence-electron chi connectivity index (χ1n) is 12.5. The van der Waals surface area contributed by atoms with Crippen LogP contribution in [-0.2, 0) is 26.2 Å². The highest BCUT2D eigenvalue weighted by Gasteiger charge is 2.32. The second-order valence-corrected chi connectivity index (χ2v) is 12.4. The van der Waals surface area contributed by atoms with Gasteiger partial charge in [-0.15, -0.1) is 0 Å². The van der Waals surface area contributed by atoms with Crippen LogP contribution in [0.5, 0.6) is 0 Å². The third-order valence-electron chi connectivity index (χ3n) is 6.33. The number of nitrogens with one attached hydrogen (secondary N) is 1. The van der Waals surface area contributed by atoms with Crippen molar-refractivity contribution < 1.29 is 18.0 Å². The van der Waals surface area contributed by atoms with E-state index in [2.05, 4.69) is 27.9 Å². The van der Waals surface area contributed by atoms with Crippen LogP contribution in [-0.4, -0.2) is 43.8 Å². The number of nitrogens with zero attached hydrogens (tertiary/aromatic N) is 2. The van der Waals surface area contributed by atoms with E-state index in [1.54, 1.807) is 49.4 Å². The Kier molecular flexibility index (Phi) is 10.3. The Balaban J connectivity index is 2.01. The minimum absolute atomic E-state index is 0.0531. The molecular formula is C29H34IN3O4S. The van der Waals surface area contributed by atoms with Gasteiger partial charge in [0.05, 0.1) is 10.6 Å². The summed E-state index contributed by atoms with van der Waals surface area (Å²) < 4.78 is 29.5. The fourth-order valence-corrected chi connectivity index (χ4v) is 5.71. The molecule has 7 nitrogen and oxygen atoms in total. The Hall–Kier alpha value is -2.92. The number of hydrogen-bond acceptors (Lipinski definition) is 4. The molecule has 2 amide bonds. The Morgan fingerprint density at radius 1 is 0.947 bits per heavy atom. The van der Waals surface area contributed by atoms with E-state index in [0.29, 0.717) is 5.69 Å². The SMILES string of the molecule is CC[C@@H](C)NC(=O)[C@H](C)N(Cc1cccc(C)c1)C(=O)CN(c1ccc(I)cc1)S(=O)(=O)c1ccccc1. The van der Waals surface area contributed by atoms with Crippen molar-refractivity contribution in [2.75, 3.05) is 10.8 Å². The highest BCUT2D eigenvalue weighted by Crippen LogP contribution is 2.25. The molecule has 3 aromatic rings. The predicted octanol–water partition coefficient (Wildman–Crippen LogP) is 5.13. The van der Waals surface area contributed by atoms with E-state index in [4.69, 9.17) is 0 Å². The van der Waals surface area contributed by atoms with Crippen LogP contribution in [0.25, 0.3) is 0 Å². The summed E-state index contributed by atoms with van der Waals surface area (Å²) in [5, 5.41) is 2.94. The molecule has 0 bridgehead atoms. The first-order valence-corrected chi connectivity index (χ1v) is 15.0. The average Bonchev–Trinajstić information content (AvgIpc) is 2.90. The number of aryl methyl sites for hydroxylation is 1. The van der Waals surface area contributed by atoms with Crippen LogP contribution in [0.4, 0.5) is 5.69 Å². The quantitative estimate of drug-likeness (QED) is 0.293. The van der Waals surface area contributed by atoms with Crippen LogP contribution in [0.3, 0.4) is 0 Å². The first-order chi connectivity index (χ1) is 18.0. The molecule has 1 N–H and O–H groups in total. The lowest BCUT2D eigenvalue weighted by Crippen LogP contribution is -2.52. The predicted molar refractivity (Wildman–Crippen MR) is 159 cm³/mol. The number of amides is 2. The molecule has 0 saturated carbocycles. The van der Waals surface area contributed by atoms with Gasteiger partial charge in [0.1, 0.15) is 12.6 Å². The van der Waals surface area contributed by atoms with Gasteiger partial charge in [0.25, 0.3) is 10.0 Å². The molecule has 0 radical (unpaired) electrons. The molecule has 0 spiro atoms. The van der Waals surface area contributed by atoms with E-state index < -0.39 is 28.5 Å². The molecule has 202 valence electrons. The van der Waals surface area contributed by atoms with Gasteiger partial charge < -0.3 is 10.2 Å². The molecule has 3 rings (SSSR count). The molecule has 0 aliphatic rings. The van der Waals surface area contributed by atoms with Crippen LogP contribution in [0.15, 0.2) is 83.8 Å². The summed E-state index contributed by atoms with van der Waals surface area (Å²) in [4.78, 5) is 28.5.